The fourth-order valence-corrected chi connectivity index (χ4v) is 2.70. The summed E-state index contributed by atoms with van der Waals surface area (Å²) in [5.74, 6) is 0.00382. The van der Waals surface area contributed by atoms with Crippen molar-refractivity contribution < 1.29 is 9.22 Å². The molecule has 15 heavy (non-hydrogen) atoms. The molecule has 0 aliphatic carbocycles. The molecular formula is C12H26O2Si. The van der Waals surface area contributed by atoms with Gasteiger partial charge in [0.1, 0.15) is 6.29 Å². The highest BCUT2D eigenvalue weighted by atomic mass is 28.4. The SMILES string of the molecule is CC[C@H](O[Si](C)(C)C(C)(C)C)[C@H](C)C=O. The van der Waals surface area contributed by atoms with Gasteiger partial charge in [0, 0.05) is 5.92 Å². The molecule has 0 heterocycles. The fraction of sp³-hybridized carbons (Fsp3) is 0.917. The Balaban J connectivity index is 4.61. The van der Waals surface area contributed by atoms with Crippen LogP contribution in [0.2, 0.25) is 18.1 Å². The molecule has 0 aliphatic rings. The number of hydrogen-bond acceptors (Lipinski definition) is 2. The summed E-state index contributed by atoms with van der Waals surface area (Å²) >= 11 is 0. The third-order valence-electron chi connectivity index (χ3n) is 3.46. The molecule has 0 aliphatic heterocycles. The summed E-state index contributed by atoms with van der Waals surface area (Å²) in [6, 6.07) is 0. The van der Waals surface area contributed by atoms with E-state index in [0.717, 1.165) is 12.7 Å². The molecule has 0 aromatic carbocycles. The molecule has 0 rings (SSSR count). The van der Waals surface area contributed by atoms with Crippen LogP contribution in [0.3, 0.4) is 0 Å². The Kier molecular flexibility index (Phi) is 5.20. The summed E-state index contributed by atoms with van der Waals surface area (Å²) in [7, 11) is -1.73. The Morgan fingerprint density at radius 3 is 2.07 bits per heavy atom. The van der Waals surface area contributed by atoms with E-state index in [0.29, 0.717) is 0 Å². The molecule has 0 spiro atoms. The second kappa shape index (κ2) is 5.26. The third-order valence-corrected chi connectivity index (χ3v) is 7.96. The van der Waals surface area contributed by atoms with Crippen molar-refractivity contribution in [2.75, 3.05) is 0 Å². The van der Waals surface area contributed by atoms with Gasteiger partial charge in [-0.15, -0.1) is 0 Å². The first-order valence-corrected chi connectivity index (χ1v) is 8.69. The van der Waals surface area contributed by atoms with Crippen LogP contribution in [0.5, 0.6) is 0 Å². The van der Waals surface area contributed by atoms with Crippen molar-refractivity contribution in [1.29, 1.82) is 0 Å². The van der Waals surface area contributed by atoms with Gasteiger partial charge in [0.2, 0.25) is 0 Å². The lowest BCUT2D eigenvalue weighted by Gasteiger charge is -2.40. The predicted octanol–water partition coefficient (Wildman–Crippen LogP) is 3.62. The van der Waals surface area contributed by atoms with E-state index in [1.165, 1.54) is 0 Å². The largest absolute Gasteiger partial charge is 0.413 e. The van der Waals surface area contributed by atoms with E-state index in [-0.39, 0.29) is 17.1 Å². The van der Waals surface area contributed by atoms with Crippen molar-refractivity contribution in [2.24, 2.45) is 5.92 Å². The van der Waals surface area contributed by atoms with Crippen LogP contribution in [-0.2, 0) is 9.22 Å². The van der Waals surface area contributed by atoms with Gasteiger partial charge in [0.25, 0.3) is 0 Å². The quantitative estimate of drug-likeness (QED) is 0.532. The van der Waals surface area contributed by atoms with Crippen LogP contribution in [0.25, 0.3) is 0 Å². The summed E-state index contributed by atoms with van der Waals surface area (Å²) in [6.07, 6.45) is 2.00. The standard InChI is InChI=1S/C12H26O2Si/c1-8-11(10(2)9-13)14-15(6,7)12(3,4)5/h9-11H,8H2,1-7H3/t10-,11+/m1/s1. The van der Waals surface area contributed by atoms with Gasteiger partial charge in [-0.1, -0.05) is 34.6 Å². The van der Waals surface area contributed by atoms with Crippen molar-refractivity contribution in [3.05, 3.63) is 0 Å². The lowest BCUT2D eigenvalue weighted by atomic mass is 10.1. The summed E-state index contributed by atoms with van der Waals surface area (Å²) in [5.41, 5.74) is 0. The highest BCUT2D eigenvalue weighted by molar-refractivity contribution is 6.74. The second-order valence-electron chi connectivity index (χ2n) is 5.82. The van der Waals surface area contributed by atoms with Gasteiger partial charge in [-0.05, 0) is 24.6 Å². The highest BCUT2D eigenvalue weighted by Gasteiger charge is 2.39. The van der Waals surface area contributed by atoms with Crippen molar-refractivity contribution in [3.63, 3.8) is 0 Å². The van der Waals surface area contributed by atoms with Crippen LogP contribution in [0.4, 0.5) is 0 Å². The van der Waals surface area contributed by atoms with Crippen molar-refractivity contribution in [2.45, 2.75) is 65.3 Å². The average Bonchev–Trinajstić information content (AvgIpc) is 2.11. The van der Waals surface area contributed by atoms with Gasteiger partial charge in [0.05, 0.1) is 6.10 Å². The first-order valence-electron chi connectivity index (χ1n) is 5.78. The van der Waals surface area contributed by atoms with Gasteiger partial charge in [0.15, 0.2) is 8.32 Å². The molecule has 0 saturated heterocycles. The molecule has 0 saturated carbocycles. The van der Waals surface area contributed by atoms with Crippen LogP contribution in [-0.4, -0.2) is 20.7 Å². The minimum atomic E-state index is -1.73. The van der Waals surface area contributed by atoms with E-state index in [1.54, 1.807) is 0 Å². The van der Waals surface area contributed by atoms with Crippen molar-refractivity contribution in [1.82, 2.24) is 0 Å². The van der Waals surface area contributed by atoms with Crippen molar-refractivity contribution in [3.8, 4) is 0 Å². The van der Waals surface area contributed by atoms with Crippen LogP contribution in [0, 0.1) is 5.92 Å². The number of hydrogen-bond donors (Lipinski definition) is 0. The smallest absolute Gasteiger partial charge is 0.192 e. The van der Waals surface area contributed by atoms with Gasteiger partial charge in [-0.3, -0.25) is 0 Å². The molecule has 0 aromatic rings. The monoisotopic (exact) mass is 230 g/mol. The predicted molar refractivity (Wildman–Crippen MR) is 67.6 cm³/mol. The maximum absolute atomic E-state index is 10.8. The number of carbonyl (C=O) groups excluding carboxylic acids is 1. The maximum atomic E-state index is 10.8. The molecule has 0 fully saturated rings. The van der Waals surface area contributed by atoms with E-state index in [4.69, 9.17) is 4.43 Å². The highest BCUT2D eigenvalue weighted by Crippen LogP contribution is 2.38. The normalized spacial score (nSPS) is 17.3. The van der Waals surface area contributed by atoms with Crippen LogP contribution in [0.1, 0.15) is 41.0 Å². The second-order valence-corrected chi connectivity index (χ2v) is 10.6. The molecule has 0 amide bonds. The third kappa shape index (κ3) is 4.07. The van der Waals surface area contributed by atoms with Crippen LogP contribution in [0.15, 0.2) is 0 Å². The van der Waals surface area contributed by atoms with Crippen LogP contribution < -0.4 is 0 Å². The van der Waals surface area contributed by atoms with Gasteiger partial charge in [-0.25, -0.2) is 0 Å². The summed E-state index contributed by atoms with van der Waals surface area (Å²) in [5, 5.41) is 0.211. The van der Waals surface area contributed by atoms with Gasteiger partial charge >= 0.3 is 0 Å². The van der Waals surface area contributed by atoms with E-state index in [1.807, 2.05) is 6.92 Å². The number of rotatable bonds is 5. The molecule has 3 heteroatoms. The Hall–Kier alpha value is -0.153. The molecule has 0 unspecified atom stereocenters. The lowest BCUT2D eigenvalue weighted by molar-refractivity contribution is -0.113. The zero-order chi connectivity index (χ0) is 12.3. The Labute approximate surface area is 95.5 Å². The molecule has 0 aromatic heterocycles. The van der Waals surface area contributed by atoms with Gasteiger partial charge in [-0.2, -0.15) is 0 Å². The molecule has 2 nitrogen and oxygen atoms in total. The van der Waals surface area contributed by atoms with Crippen LogP contribution >= 0.6 is 0 Å². The van der Waals surface area contributed by atoms with E-state index < -0.39 is 8.32 Å². The summed E-state index contributed by atoms with van der Waals surface area (Å²) in [6.45, 7) is 15.1. The molecule has 2 atom stereocenters. The van der Waals surface area contributed by atoms with Crippen molar-refractivity contribution >= 4 is 14.6 Å². The maximum Gasteiger partial charge on any atom is 0.192 e. The van der Waals surface area contributed by atoms with E-state index in [9.17, 15) is 4.79 Å². The number of aldehydes is 1. The zero-order valence-corrected chi connectivity index (χ0v) is 12.3. The van der Waals surface area contributed by atoms with Gasteiger partial charge < -0.3 is 9.22 Å². The lowest BCUT2D eigenvalue weighted by Crippen LogP contribution is -2.45. The summed E-state index contributed by atoms with van der Waals surface area (Å²) < 4.78 is 6.21. The Morgan fingerprint density at radius 1 is 1.33 bits per heavy atom. The average molecular weight is 230 g/mol. The van der Waals surface area contributed by atoms with E-state index in [2.05, 4.69) is 40.8 Å². The molecule has 0 radical (unpaired) electrons. The first-order chi connectivity index (χ1) is 6.65. The Morgan fingerprint density at radius 2 is 1.80 bits per heavy atom. The molecule has 90 valence electrons. The molecule has 0 bridgehead atoms. The molecular weight excluding hydrogens is 204 g/mol. The topological polar surface area (TPSA) is 26.3 Å². The molecule has 0 N–H and O–H groups in total. The zero-order valence-electron chi connectivity index (χ0n) is 11.3. The minimum Gasteiger partial charge on any atom is -0.413 e. The fourth-order valence-electron chi connectivity index (χ4n) is 1.21. The number of carbonyl (C=O) groups is 1. The Bertz CT molecular complexity index is 206. The first kappa shape index (κ1) is 14.8. The minimum absolute atomic E-state index is 0.00382. The summed E-state index contributed by atoms with van der Waals surface area (Å²) in [4.78, 5) is 10.8. The van der Waals surface area contributed by atoms with E-state index >= 15 is 0 Å².